The first-order chi connectivity index (χ1) is 22.6. The van der Waals surface area contributed by atoms with Crippen molar-refractivity contribution in [3.05, 3.63) is 126 Å². The van der Waals surface area contributed by atoms with Gasteiger partial charge >= 0.3 is 0 Å². The molecule has 236 valence electrons. The Morgan fingerprint density at radius 2 is 1.81 bits per heavy atom. The molecular formula is C33H28N8O6. The number of Topliss-reactive ketones (excluding diaryl/α,β-unsaturated/α-hetero) is 1. The fourth-order valence-corrected chi connectivity index (χ4v) is 6.34. The van der Waals surface area contributed by atoms with Gasteiger partial charge in [-0.15, -0.1) is 0 Å². The molecule has 47 heavy (non-hydrogen) atoms. The Balaban J connectivity index is 1.00. The molecule has 3 heterocycles. The number of amides is 2. The van der Waals surface area contributed by atoms with E-state index in [1.165, 1.54) is 17.3 Å². The van der Waals surface area contributed by atoms with Crippen LogP contribution < -0.4 is 37.6 Å². The average Bonchev–Trinajstić information content (AvgIpc) is 3.69. The summed E-state index contributed by atoms with van der Waals surface area (Å²) in [5.41, 5.74) is 12.9. The maximum absolute atomic E-state index is 13.2. The standard InChI is InChI=1S/C33H28N8O6/c1-15-19-7-8-23(22(19)6-5-20(15)31-38-16(2)47-40-31)39-33(46)25-10-24(36-14-37-25)32(45)35-11-17-3-4-21-18(9-17)12-41(13-26(21)42)28-27(34)29(43)30(28)44/h3-6,9-10,14,23H,2,7-8,11-13,34H2,1H3,(H,35,45)(H,38,40)(H,39,46)/t23-/m0/s1. The number of rotatable bonds is 7. The summed E-state index contributed by atoms with van der Waals surface area (Å²) < 4.78 is 0. The van der Waals surface area contributed by atoms with E-state index in [0.29, 0.717) is 34.8 Å². The summed E-state index contributed by atoms with van der Waals surface area (Å²) in [6, 6.07) is 10.2. The number of nitrogens with zero attached hydrogens (tertiary/aromatic N) is 4. The summed E-state index contributed by atoms with van der Waals surface area (Å²) in [6.45, 7) is 5.96. The van der Waals surface area contributed by atoms with E-state index in [9.17, 15) is 24.0 Å². The van der Waals surface area contributed by atoms with Gasteiger partial charge in [-0.3, -0.25) is 24.0 Å². The Labute approximate surface area is 267 Å². The quantitative estimate of drug-likeness (QED) is 0.214. The van der Waals surface area contributed by atoms with Crippen molar-refractivity contribution in [1.82, 2.24) is 26.1 Å². The van der Waals surface area contributed by atoms with Crippen molar-refractivity contribution >= 4 is 34.8 Å². The minimum absolute atomic E-state index is 0.0148. The summed E-state index contributed by atoms with van der Waals surface area (Å²) in [4.78, 5) is 81.6. The number of hydroxylamine groups is 1. The summed E-state index contributed by atoms with van der Waals surface area (Å²) in [6.07, 6.45) is 2.64. The maximum atomic E-state index is 13.2. The number of nitrogens with two attached hydrogens (primary N) is 1. The van der Waals surface area contributed by atoms with Crippen molar-refractivity contribution in [3.8, 4) is 0 Å². The smallest absolute Gasteiger partial charge is 0.270 e. The SMILES string of the molecule is C=C1N=C(c2ccc3c(c2C)CC[C@@H]3NC(=O)c2cc(C(=O)NCc3ccc4c(c3)CN(c3c(N)c(=O)c3=O)CC4=O)ncn2)NO1. The summed E-state index contributed by atoms with van der Waals surface area (Å²) in [5.74, 6) is -0.275. The molecule has 4 aromatic rings. The predicted molar refractivity (Wildman–Crippen MR) is 170 cm³/mol. The van der Waals surface area contributed by atoms with Gasteiger partial charge in [0.2, 0.25) is 5.88 Å². The third kappa shape index (κ3) is 5.18. The van der Waals surface area contributed by atoms with Crippen LogP contribution in [0.5, 0.6) is 0 Å². The molecule has 5 N–H and O–H groups in total. The van der Waals surface area contributed by atoms with Gasteiger partial charge in [0.25, 0.3) is 22.7 Å². The number of carbonyl (C=O) groups is 3. The fraction of sp³-hybridized carbons (Fsp3) is 0.212. The van der Waals surface area contributed by atoms with E-state index < -0.39 is 22.7 Å². The number of nitrogens with one attached hydrogen (secondary N) is 3. The van der Waals surface area contributed by atoms with E-state index in [4.69, 9.17) is 10.6 Å². The second kappa shape index (κ2) is 11.3. The number of fused-ring (bicyclic) bond motifs is 2. The Kier molecular flexibility index (Phi) is 7.11. The van der Waals surface area contributed by atoms with Crippen molar-refractivity contribution in [2.24, 2.45) is 4.99 Å². The second-order valence-electron chi connectivity index (χ2n) is 11.6. The molecule has 0 saturated heterocycles. The molecule has 7 rings (SSSR count). The monoisotopic (exact) mass is 632 g/mol. The van der Waals surface area contributed by atoms with E-state index in [-0.39, 0.29) is 54.2 Å². The topological polar surface area (TPSA) is 198 Å². The maximum Gasteiger partial charge on any atom is 0.270 e. The molecule has 2 aliphatic heterocycles. The number of ketones is 1. The van der Waals surface area contributed by atoms with Crippen LogP contribution in [-0.2, 0) is 24.3 Å². The van der Waals surface area contributed by atoms with Crippen molar-refractivity contribution in [2.75, 3.05) is 17.2 Å². The van der Waals surface area contributed by atoms with Gasteiger partial charge in [-0.2, -0.15) is 4.99 Å². The molecule has 3 aliphatic rings. The molecule has 0 bridgehead atoms. The fourth-order valence-electron chi connectivity index (χ4n) is 6.34. The minimum atomic E-state index is -0.746. The van der Waals surface area contributed by atoms with Crippen LogP contribution >= 0.6 is 0 Å². The van der Waals surface area contributed by atoms with Crippen LogP contribution in [0.2, 0.25) is 0 Å². The highest BCUT2D eigenvalue weighted by Crippen LogP contribution is 2.35. The Morgan fingerprint density at radius 1 is 1.04 bits per heavy atom. The van der Waals surface area contributed by atoms with Crippen molar-refractivity contribution in [1.29, 1.82) is 0 Å². The lowest BCUT2D eigenvalue weighted by Crippen LogP contribution is -2.46. The molecule has 1 aliphatic carbocycles. The summed E-state index contributed by atoms with van der Waals surface area (Å²) >= 11 is 0. The van der Waals surface area contributed by atoms with Crippen LogP contribution in [0.25, 0.3) is 0 Å². The lowest BCUT2D eigenvalue weighted by Gasteiger charge is -2.31. The van der Waals surface area contributed by atoms with Crippen LogP contribution in [0, 0.1) is 6.92 Å². The van der Waals surface area contributed by atoms with Crippen molar-refractivity contribution in [3.63, 3.8) is 0 Å². The van der Waals surface area contributed by atoms with Crippen molar-refractivity contribution < 1.29 is 19.2 Å². The lowest BCUT2D eigenvalue weighted by atomic mass is 9.95. The van der Waals surface area contributed by atoms with Gasteiger partial charge in [0.1, 0.15) is 29.1 Å². The van der Waals surface area contributed by atoms with Crippen LogP contribution in [0.1, 0.15) is 77.2 Å². The zero-order valence-corrected chi connectivity index (χ0v) is 25.2. The molecule has 0 fully saturated rings. The third-order valence-electron chi connectivity index (χ3n) is 8.74. The van der Waals surface area contributed by atoms with Crippen molar-refractivity contribution in [2.45, 2.75) is 38.9 Å². The van der Waals surface area contributed by atoms with Gasteiger partial charge in [-0.25, -0.2) is 15.4 Å². The first-order valence-electron chi connectivity index (χ1n) is 14.8. The minimum Gasteiger partial charge on any atom is -0.394 e. The Hall–Kier alpha value is -6.18. The summed E-state index contributed by atoms with van der Waals surface area (Å²) in [5, 5.41) is 5.81. The predicted octanol–water partition coefficient (Wildman–Crippen LogP) is 1.27. The molecule has 1 atom stereocenters. The van der Waals surface area contributed by atoms with E-state index in [0.717, 1.165) is 28.7 Å². The molecule has 1 aromatic heterocycles. The molecule has 0 radical (unpaired) electrons. The number of nitrogen functional groups attached to an aromatic ring is 1. The highest BCUT2D eigenvalue weighted by Gasteiger charge is 2.31. The zero-order valence-electron chi connectivity index (χ0n) is 25.2. The Morgan fingerprint density at radius 3 is 2.55 bits per heavy atom. The van der Waals surface area contributed by atoms with Gasteiger partial charge in [0, 0.05) is 30.3 Å². The van der Waals surface area contributed by atoms with Gasteiger partial charge in [-0.05, 0) is 54.2 Å². The second-order valence-corrected chi connectivity index (χ2v) is 11.6. The molecule has 14 nitrogen and oxygen atoms in total. The highest BCUT2D eigenvalue weighted by molar-refractivity contribution is 6.03. The average molecular weight is 633 g/mol. The number of hydrogen-bond donors (Lipinski definition) is 4. The van der Waals surface area contributed by atoms with Gasteiger partial charge in [0.05, 0.1) is 12.6 Å². The van der Waals surface area contributed by atoms with Crippen LogP contribution in [-0.4, -0.2) is 39.9 Å². The number of benzene rings is 2. The van der Waals surface area contributed by atoms with E-state index in [1.807, 2.05) is 19.1 Å². The van der Waals surface area contributed by atoms with Crippen LogP contribution in [0.3, 0.4) is 0 Å². The van der Waals surface area contributed by atoms with Gasteiger partial charge in [0.15, 0.2) is 11.6 Å². The molecule has 0 spiro atoms. The molecule has 2 amide bonds. The first-order valence-corrected chi connectivity index (χ1v) is 14.8. The molecule has 14 heteroatoms. The van der Waals surface area contributed by atoms with Crippen LogP contribution in [0.15, 0.2) is 69.8 Å². The third-order valence-corrected chi connectivity index (χ3v) is 8.74. The zero-order chi connectivity index (χ0) is 33.0. The largest absolute Gasteiger partial charge is 0.394 e. The Bertz CT molecular complexity index is 2150. The van der Waals surface area contributed by atoms with Crippen LogP contribution in [0.4, 0.5) is 11.4 Å². The first kappa shape index (κ1) is 29.5. The molecule has 3 aromatic carbocycles. The van der Waals surface area contributed by atoms with E-state index in [1.54, 1.807) is 18.2 Å². The van der Waals surface area contributed by atoms with Gasteiger partial charge in [-0.1, -0.05) is 30.3 Å². The molecular weight excluding hydrogens is 604 g/mol. The number of carbonyl (C=O) groups excluding carboxylic acids is 3. The molecule has 0 unspecified atom stereocenters. The van der Waals surface area contributed by atoms with E-state index in [2.05, 4.69) is 37.7 Å². The van der Waals surface area contributed by atoms with Gasteiger partial charge < -0.3 is 26.1 Å². The normalized spacial score (nSPS) is 16.7. The van der Waals surface area contributed by atoms with E-state index >= 15 is 0 Å². The molecule has 0 saturated carbocycles. The number of aromatic nitrogens is 2. The lowest BCUT2D eigenvalue weighted by molar-refractivity contribution is 0.0930. The summed E-state index contributed by atoms with van der Waals surface area (Å²) in [7, 11) is 0. The highest BCUT2D eigenvalue weighted by atomic mass is 16.7. The number of hydrogen-bond acceptors (Lipinski definition) is 12. The number of amidine groups is 1. The number of aliphatic imine (C=N–C) groups is 1. The number of anilines is 2.